The minimum Gasteiger partial charge on any atom is -0.494 e. The number of nitrogens with one attached hydrogen (secondary N) is 1. The highest BCUT2D eigenvalue weighted by Crippen LogP contribution is 2.20. The zero-order valence-electron chi connectivity index (χ0n) is 15.1. The summed E-state index contributed by atoms with van der Waals surface area (Å²) in [4.78, 5) is 12.2. The number of carbonyl (C=O) groups excluding carboxylic acids is 1. The highest BCUT2D eigenvalue weighted by molar-refractivity contribution is 6.30. The normalized spacial score (nSPS) is 11.8. The molecule has 4 heteroatoms. The van der Waals surface area contributed by atoms with Crippen molar-refractivity contribution in [1.29, 1.82) is 0 Å². The van der Waals surface area contributed by atoms with Crippen molar-refractivity contribution in [2.75, 3.05) is 6.61 Å². The van der Waals surface area contributed by atoms with Gasteiger partial charge in [0.15, 0.2) is 0 Å². The molecule has 0 bridgehead atoms. The van der Waals surface area contributed by atoms with E-state index >= 15 is 0 Å². The number of hydrogen-bond donors (Lipinski definition) is 1. The van der Waals surface area contributed by atoms with E-state index in [1.807, 2.05) is 12.1 Å². The molecular weight excluding hydrogens is 334 g/mol. The Morgan fingerprint density at radius 3 is 2.48 bits per heavy atom. The average molecular weight is 360 g/mol. The van der Waals surface area contributed by atoms with Crippen molar-refractivity contribution in [3.05, 3.63) is 64.2 Å². The van der Waals surface area contributed by atoms with Crippen LogP contribution in [0.3, 0.4) is 0 Å². The highest BCUT2D eigenvalue weighted by Gasteiger charge is 2.13. The molecule has 0 saturated heterocycles. The van der Waals surface area contributed by atoms with Crippen molar-refractivity contribution in [2.24, 2.45) is 0 Å². The van der Waals surface area contributed by atoms with Crippen LogP contribution in [0.2, 0.25) is 5.02 Å². The Labute approximate surface area is 155 Å². The lowest BCUT2D eigenvalue weighted by Crippen LogP contribution is -2.28. The summed E-state index contributed by atoms with van der Waals surface area (Å²) in [5.74, 6) is 0.830. The van der Waals surface area contributed by atoms with Gasteiger partial charge in [-0.05, 0) is 67.6 Å². The molecule has 0 saturated carbocycles. The summed E-state index contributed by atoms with van der Waals surface area (Å²) in [7, 11) is 0. The first-order valence-corrected chi connectivity index (χ1v) is 9.12. The lowest BCUT2D eigenvalue weighted by Gasteiger charge is -2.18. The van der Waals surface area contributed by atoms with Crippen molar-refractivity contribution < 1.29 is 9.53 Å². The number of carbonyl (C=O) groups is 1. The Bertz CT molecular complexity index is 698. The Kier molecular flexibility index (Phi) is 7.32. The maximum absolute atomic E-state index is 12.2. The van der Waals surface area contributed by atoms with E-state index in [9.17, 15) is 4.79 Å². The highest BCUT2D eigenvalue weighted by atomic mass is 35.5. The molecule has 3 nitrogen and oxygen atoms in total. The number of ether oxygens (including phenoxy) is 1. The first-order chi connectivity index (χ1) is 12.0. The van der Waals surface area contributed by atoms with Gasteiger partial charge in [-0.3, -0.25) is 4.79 Å². The Morgan fingerprint density at radius 2 is 1.84 bits per heavy atom. The third-order valence-corrected chi connectivity index (χ3v) is 4.56. The predicted molar refractivity (Wildman–Crippen MR) is 103 cm³/mol. The molecule has 2 aromatic carbocycles. The van der Waals surface area contributed by atoms with E-state index in [4.69, 9.17) is 16.3 Å². The van der Waals surface area contributed by atoms with Crippen LogP contribution in [0.25, 0.3) is 0 Å². The van der Waals surface area contributed by atoms with E-state index < -0.39 is 0 Å². The molecule has 1 atom stereocenters. The molecule has 1 amide bonds. The molecule has 0 aliphatic rings. The maximum Gasteiger partial charge on any atom is 0.220 e. The van der Waals surface area contributed by atoms with Crippen molar-refractivity contribution in [3.8, 4) is 5.75 Å². The van der Waals surface area contributed by atoms with E-state index in [0.717, 1.165) is 17.7 Å². The quantitative estimate of drug-likeness (QED) is 0.642. The first kappa shape index (κ1) is 19.3. The van der Waals surface area contributed by atoms with E-state index in [1.165, 1.54) is 11.1 Å². The second-order valence-electron chi connectivity index (χ2n) is 6.28. The van der Waals surface area contributed by atoms with Crippen LogP contribution in [-0.2, 0) is 4.79 Å². The van der Waals surface area contributed by atoms with Crippen molar-refractivity contribution in [3.63, 3.8) is 0 Å². The molecule has 0 aromatic heterocycles. The molecule has 2 rings (SSSR count). The fraction of sp³-hybridized carbons (Fsp3) is 0.381. The Hall–Kier alpha value is -2.00. The molecule has 134 valence electrons. The van der Waals surface area contributed by atoms with Gasteiger partial charge < -0.3 is 10.1 Å². The number of rotatable bonds is 8. The van der Waals surface area contributed by atoms with Crippen LogP contribution in [-0.4, -0.2) is 12.5 Å². The third kappa shape index (κ3) is 6.09. The van der Waals surface area contributed by atoms with Crippen molar-refractivity contribution >= 4 is 17.5 Å². The SMILES string of the molecule is CC[C@H](NC(=O)CCCOc1ccc(Cl)cc1)c1ccc(C)c(C)c1. The minimum atomic E-state index is 0.0592. The smallest absolute Gasteiger partial charge is 0.220 e. The van der Waals surface area contributed by atoms with Gasteiger partial charge in [0.1, 0.15) is 5.75 Å². The lowest BCUT2D eigenvalue weighted by molar-refractivity contribution is -0.122. The van der Waals surface area contributed by atoms with Gasteiger partial charge in [-0.1, -0.05) is 36.7 Å². The average Bonchev–Trinajstić information content (AvgIpc) is 2.60. The van der Waals surface area contributed by atoms with Gasteiger partial charge in [-0.2, -0.15) is 0 Å². The molecular formula is C21H26ClNO2. The van der Waals surface area contributed by atoms with E-state index in [2.05, 4.69) is 44.3 Å². The predicted octanol–water partition coefficient (Wildman–Crippen LogP) is 5.38. The van der Waals surface area contributed by atoms with Crippen LogP contribution in [0.1, 0.15) is 48.9 Å². The summed E-state index contributed by atoms with van der Waals surface area (Å²) in [6.07, 6.45) is 2.00. The molecule has 25 heavy (non-hydrogen) atoms. The molecule has 1 N–H and O–H groups in total. The van der Waals surface area contributed by atoms with Gasteiger partial charge in [0.25, 0.3) is 0 Å². The summed E-state index contributed by atoms with van der Waals surface area (Å²) < 4.78 is 5.62. The Morgan fingerprint density at radius 1 is 1.12 bits per heavy atom. The van der Waals surface area contributed by atoms with E-state index in [-0.39, 0.29) is 11.9 Å². The summed E-state index contributed by atoms with van der Waals surface area (Å²) in [6.45, 7) is 6.79. The number of halogens is 1. The monoisotopic (exact) mass is 359 g/mol. The summed E-state index contributed by atoms with van der Waals surface area (Å²) in [5.41, 5.74) is 3.68. The summed E-state index contributed by atoms with van der Waals surface area (Å²) in [6, 6.07) is 13.7. The number of aryl methyl sites for hydroxylation is 2. The second kappa shape index (κ2) is 9.47. The van der Waals surface area contributed by atoms with Crippen molar-refractivity contribution in [2.45, 2.75) is 46.1 Å². The van der Waals surface area contributed by atoms with Crippen LogP contribution < -0.4 is 10.1 Å². The van der Waals surface area contributed by atoms with Crippen LogP contribution in [0.15, 0.2) is 42.5 Å². The fourth-order valence-corrected chi connectivity index (χ4v) is 2.75. The summed E-state index contributed by atoms with van der Waals surface area (Å²) in [5, 5.41) is 3.81. The zero-order valence-corrected chi connectivity index (χ0v) is 15.9. The standard InChI is InChI=1S/C21H26ClNO2/c1-4-20(17-8-7-15(2)16(3)14-17)23-21(24)6-5-13-25-19-11-9-18(22)10-12-19/h7-12,14,20H,4-6,13H2,1-3H3,(H,23,24)/t20-/m0/s1. The molecule has 0 radical (unpaired) electrons. The molecule has 0 fully saturated rings. The largest absolute Gasteiger partial charge is 0.494 e. The van der Waals surface area contributed by atoms with E-state index in [0.29, 0.717) is 24.5 Å². The minimum absolute atomic E-state index is 0.0592. The van der Waals surface area contributed by atoms with Gasteiger partial charge >= 0.3 is 0 Å². The van der Waals surface area contributed by atoms with Crippen LogP contribution in [0.5, 0.6) is 5.75 Å². The molecule has 0 heterocycles. The van der Waals surface area contributed by atoms with Gasteiger partial charge in [0.05, 0.1) is 12.6 Å². The van der Waals surface area contributed by atoms with Gasteiger partial charge in [0.2, 0.25) is 5.91 Å². The number of hydrogen-bond acceptors (Lipinski definition) is 2. The molecule has 2 aromatic rings. The number of amides is 1. The molecule has 0 spiro atoms. The van der Waals surface area contributed by atoms with Gasteiger partial charge in [0, 0.05) is 11.4 Å². The lowest BCUT2D eigenvalue weighted by atomic mass is 9.99. The molecule has 0 aliphatic heterocycles. The number of benzene rings is 2. The first-order valence-electron chi connectivity index (χ1n) is 8.74. The third-order valence-electron chi connectivity index (χ3n) is 4.31. The maximum atomic E-state index is 12.2. The van der Waals surface area contributed by atoms with Crippen LogP contribution in [0, 0.1) is 13.8 Å². The van der Waals surface area contributed by atoms with Crippen molar-refractivity contribution in [1.82, 2.24) is 5.32 Å². The second-order valence-corrected chi connectivity index (χ2v) is 6.71. The Balaban J connectivity index is 1.77. The van der Waals surface area contributed by atoms with Crippen LogP contribution in [0.4, 0.5) is 0 Å². The van der Waals surface area contributed by atoms with Gasteiger partial charge in [-0.25, -0.2) is 0 Å². The fourth-order valence-electron chi connectivity index (χ4n) is 2.62. The topological polar surface area (TPSA) is 38.3 Å². The van der Waals surface area contributed by atoms with E-state index in [1.54, 1.807) is 12.1 Å². The zero-order chi connectivity index (χ0) is 18.2. The summed E-state index contributed by atoms with van der Waals surface area (Å²) >= 11 is 5.84. The molecule has 0 aliphatic carbocycles. The molecule has 0 unspecified atom stereocenters. The van der Waals surface area contributed by atoms with Crippen LogP contribution >= 0.6 is 11.6 Å². The van der Waals surface area contributed by atoms with Gasteiger partial charge in [-0.15, -0.1) is 0 Å².